The maximum atomic E-state index is 11.1. The fourth-order valence-electron chi connectivity index (χ4n) is 1.79. The first-order chi connectivity index (χ1) is 5.51. The van der Waals surface area contributed by atoms with Crippen molar-refractivity contribution in [2.75, 3.05) is 19.8 Å². The summed E-state index contributed by atoms with van der Waals surface area (Å²) in [5.74, 6) is 0.260. The second-order valence-corrected chi connectivity index (χ2v) is 4.84. The summed E-state index contributed by atoms with van der Waals surface area (Å²) < 4.78 is 0. The van der Waals surface area contributed by atoms with Crippen LogP contribution in [0.25, 0.3) is 0 Å². The Morgan fingerprint density at radius 2 is 2.25 bits per heavy atom. The molecule has 70 valence electrons. The van der Waals surface area contributed by atoms with Crippen LogP contribution < -0.4 is 0 Å². The van der Waals surface area contributed by atoms with Gasteiger partial charge >= 0.3 is 5.97 Å². The quantitative estimate of drug-likeness (QED) is 0.700. The third-order valence-electron chi connectivity index (χ3n) is 2.69. The van der Waals surface area contributed by atoms with Gasteiger partial charge in [0.25, 0.3) is 0 Å². The van der Waals surface area contributed by atoms with Gasteiger partial charge in [-0.1, -0.05) is 6.92 Å². The molecule has 1 rings (SSSR count). The third kappa shape index (κ3) is 1.23. The molecule has 0 aliphatic carbocycles. The molecule has 0 saturated carbocycles. The lowest BCUT2D eigenvalue weighted by Gasteiger charge is -2.34. The van der Waals surface area contributed by atoms with E-state index in [4.69, 9.17) is 5.11 Å². The van der Waals surface area contributed by atoms with E-state index in [1.165, 1.54) is 0 Å². The Bertz CT molecular complexity index is 195. The minimum absolute atomic E-state index is 0.185. The van der Waals surface area contributed by atoms with Crippen LogP contribution >= 0.6 is 11.8 Å². The van der Waals surface area contributed by atoms with E-state index >= 15 is 0 Å². The number of thioether (sulfide) groups is 1. The number of hydrogen-bond acceptors (Lipinski definition) is 3. The molecule has 0 spiro atoms. The molecule has 0 aromatic rings. The number of likely N-dealkylation sites (N-methyl/N-ethyl adjacent to an activating group) is 1. The molecule has 4 heteroatoms. The standard InChI is InChI=1S/C8H15NO2S/c1-6-8(7(10)11,9(2)3)4-5-12-6/h6H,4-5H2,1-3H3,(H,10,11). The van der Waals surface area contributed by atoms with Gasteiger partial charge in [-0.15, -0.1) is 0 Å². The minimum Gasteiger partial charge on any atom is -0.480 e. The largest absolute Gasteiger partial charge is 0.480 e. The SMILES string of the molecule is CC1SCCC1(C(=O)O)N(C)C. The second kappa shape index (κ2) is 3.26. The van der Waals surface area contributed by atoms with E-state index < -0.39 is 11.5 Å². The van der Waals surface area contributed by atoms with Gasteiger partial charge in [0, 0.05) is 5.25 Å². The number of carboxylic acid groups (broad SMARTS) is 1. The van der Waals surface area contributed by atoms with Gasteiger partial charge in [-0.3, -0.25) is 9.69 Å². The molecular weight excluding hydrogens is 174 g/mol. The van der Waals surface area contributed by atoms with Gasteiger partial charge in [-0.05, 0) is 26.3 Å². The van der Waals surface area contributed by atoms with Crippen LogP contribution in [0.5, 0.6) is 0 Å². The molecule has 1 fully saturated rings. The van der Waals surface area contributed by atoms with Crippen molar-refractivity contribution in [2.24, 2.45) is 0 Å². The highest BCUT2D eigenvalue weighted by Gasteiger charge is 2.49. The molecule has 2 atom stereocenters. The van der Waals surface area contributed by atoms with E-state index in [0.29, 0.717) is 0 Å². The number of carboxylic acids is 1. The first-order valence-corrected chi connectivity index (χ1v) is 5.09. The van der Waals surface area contributed by atoms with Crippen LogP contribution in [0, 0.1) is 0 Å². The molecule has 0 aromatic heterocycles. The monoisotopic (exact) mass is 189 g/mol. The molecule has 1 heterocycles. The van der Waals surface area contributed by atoms with E-state index in [0.717, 1.165) is 12.2 Å². The van der Waals surface area contributed by atoms with Crippen molar-refractivity contribution in [3.05, 3.63) is 0 Å². The van der Waals surface area contributed by atoms with Gasteiger partial charge in [0.2, 0.25) is 0 Å². The van der Waals surface area contributed by atoms with Gasteiger partial charge in [-0.25, -0.2) is 0 Å². The summed E-state index contributed by atoms with van der Waals surface area (Å²) in [5, 5.41) is 9.33. The van der Waals surface area contributed by atoms with Crippen LogP contribution in [-0.2, 0) is 4.79 Å². The van der Waals surface area contributed by atoms with Crippen molar-refractivity contribution >= 4 is 17.7 Å². The van der Waals surface area contributed by atoms with E-state index in [9.17, 15) is 4.79 Å². The number of carbonyl (C=O) groups is 1. The molecule has 0 bridgehead atoms. The molecule has 3 nitrogen and oxygen atoms in total. The summed E-state index contributed by atoms with van der Waals surface area (Å²) in [7, 11) is 3.69. The summed E-state index contributed by atoms with van der Waals surface area (Å²) in [6.07, 6.45) is 0.751. The summed E-state index contributed by atoms with van der Waals surface area (Å²) in [4.78, 5) is 13.0. The molecule has 0 aromatic carbocycles. The average molecular weight is 189 g/mol. The average Bonchev–Trinajstić information content (AvgIpc) is 2.31. The summed E-state index contributed by atoms with van der Waals surface area (Å²) >= 11 is 1.74. The van der Waals surface area contributed by atoms with Crippen LogP contribution in [-0.4, -0.2) is 46.6 Å². The zero-order chi connectivity index (χ0) is 9.35. The fraction of sp³-hybridized carbons (Fsp3) is 0.875. The fourth-order valence-corrected chi connectivity index (χ4v) is 3.28. The second-order valence-electron chi connectivity index (χ2n) is 3.39. The van der Waals surface area contributed by atoms with Crippen LogP contribution in [0.2, 0.25) is 0 Å². The molecule has 1 N–H and O–H groups in total. The number of hydrogen-bond donors (Lipinski definition) is 1. The normalized spacial score (nSPS) is 35.8. The van der Waals surface area contributed by atoms with Crippen molar-refractivity contribution in [2.45, 2.75) is 24.1 Å². The van der Waals surface area contributed by atoms with Crippen LogP contribution in [0.1, 0.15) is 13.3 Å². The zero-order valence-corrected chi connectivity index (χ0v) is 8.52. The number of rotatable bonds is 2. The Hall–Kier alpha value is -0.220. The van der Waals surface area contributed by atoms with Crippen molar-refractivity contribution in [3.8, 4) is 0 Å². The Kier molecular flexibility index (Phi) is 2.68. The molecular formula is C8H15NO2S. The molecule has 1 saturated heterocycles. The first kappa shape index (κ1) is 9.86. The van der Waals surface area contributed by atoms with Gasteiger partial charge < -0.3 is 5.11 Å². The lowest BCUT2D eigenvalue weighted by molar-refractivity contribution is -0.149. The number of nitrogens with zero attached hydrogens (tertiary/aromatic N) is 1. The smallest absolute Gasteiger partial charge is 0.325 e. The van der Waals surface area contributed by atoms with Crippen LogP contribution in [0.4, 0.5) is 0 Å². The lowest BCUT2D eigenvalue weighted by Crippen LogP contribution is -2.55. The Morgan fingerprint density at radius 1 is 1.67 bits per heavy atom. The van der Waals surface area contributed by atoms with Gasteiger partial charge in [0.1, 0.15) is 5.54 Å². The zero-order valence-electron chi connectivity index (χ0n) is 7.70. The molecule has 0 amide bonds. The van der Waals surface area contributed by atoms with Crippen molar-refractivity contribution in [1.29, 1.82) is 0 Å². The Labute approximate surface area is 77.1 Å². The predicted octanol–water partition coefficient (Wildman–Crippen LogP) is 0.897. The molecule has 12 heavy (non-hydrogen) atoms. The van der Waals surface area contributed by atoms with E-state index in [1.807, 2.05) is 25.9 Å². The van der Waals surface area contributed by atoms with Crippen LogP contribution in [0.15, 0.2) is 0 Å². The van der Waals surface area contributed by atoms with Gasteiger partial charge in [0.05, 0.1) is 0 Å². The topological polar surface area (TPSA) is 40.5 Å². The maximum Gasteiger partial charge on any atom is 0.325 e. The van der Waals surface area contributed by atoms with Crippen LogP contribution in [0.3, 0.4) is 0 Å². The molecule has 1 aliphatic rings. The van der Waals surface area contributed by atoms with Crippen molar-refractivity contribution < 1.29 is 9.90 Å². The molecule has 1 aliphatic heterocycles. The molecule has 2 unspecified atom stereocenters. The minimum atomic E-state index is -0.690. The Morgan fingerprint density at radius 3 is 2.42 bits per heavy atom. The third-order valence-corrected chi connectivity index (χ3v) is 4.02. The maximum absolute atomic E-state index is 11.1. The van der Waals surface area contributed by atoms with Crippen molar-refractivity contribution in [1.82, 2.24) is 4.90 Å². The highest BCUT2D eigenvalue weighted by Crippen LogP contribution is 2.39. The van der Waals surface area contributed by atoms with Gasteiger partial charge in [-0.2, -0.15) is 11.8 Å². The summed E-state index contributed by atoms with van der Waals surface area (Å²) in [6.45, 7) is 1.99. The highest BCUT2D eigenvalue weighted by atomic mass is 32.2. The van der Waals surface area contributed by atoms with E-state index in [1.54, 1.807) is 11.8 Å². The molecule has 0 radical (unpaired) electrons. The lowest BCUT2D eigenvalue weighted by atomic mass is 9.91. The summed E-state index contributed by atoms with van der Waals surface area (Å²) in [6, 6.07) is 0. The van der Waals surface area contributed by atoms with Gasteiger partial charge in [0.15, 0.2) is 0 Å². The van der Waals surface area contributed by atoms with E-state index in [2.05, 4.69) is 0 Å². The highest BCUT2D eigenvalue weighted by molar-refractivity contribution is 8.00. The first-order valence-electron chi connectivity index (χ1n) is 4.04. The number of aliphatic carboxylic acids is 1. The summed E-state index contributed by atoms with van der Waals surface area (Å²) in [5.41, 5.74) is -0.634. The predicted molar refractivity (Wildman–Crippen MR) is 50.6 cm³/mol. The van der Waals surface area contributed by atoms with Crippen molar-refractivity contribution in [3.63, 3.8) is 0 Å². The van der Waals surface area contributed by atoms with E-state index in [-0.39, 0.29) is 5.25 Å². The Balaban J connectivity index is 2.93.